The van der Waals surface area contributed by atoms with Gasteiger partial charge in [-0.1, -0.05) is 188 Å². The molecule has 1 aliphatic rings. The van der Waals surface area contributed by atoms with Crippen LogP contribution in [-0.2, 0) is 5.41 Å². The van der Waals surface area contributed by atoms with Gasteiger partial charge in [0.15, 0.2) is 0 Å². The van der Waals surface area contributed by atoms with Crippen LogP contribution in [-0.4, -0.2) is 0 Å². The molecule has 0 unspecified atom stereocenters. The topological polar surface area (TPSA) is 9.72 Å². The average molecular weight is 980 g/mol. The third kappa shape index (κ3) is 8.26. The van der Waals surface area contributed by atoms with Gasteiger partial charge in [0.2, 0.25) is 0 Å². The molecule has 0 radical (unpaired) electrons. The fourth-order valence-electron chi connectivity index (χ4n) is 11.9. The first-order valence-electron chi connectivity index (χ1n) is 26.5. The lowest BCUT2D eigenvalue weighted by molar-refractivity contribution is 0.731. The van der Waals surface area contributed by atoms with E-state index in [0.717, 1.165) is 39.8 Å². The molecule has 368 valence electrons. The Labute approximate surface area is 449 Å². The van der Waals surface area contributed by atoms with Gasteiger partial charge in [0, 0.05) is 28.4 Å². The van der Waals surface area contributed by atoms with Crippen LogP contribution in [0.25, 0.3) is 22.3 Å². The van der Waals surface area contributed by atoms with Crippen LogP contribution >= 0.6 is 0 Å². The average Bonchev–Trinajstić information content (AvgIpc) is 3.67. The highest BCUT2D eigenvalue weighted by Gasteiger charge is 2.46. The van der Waals surface area contributed by atoms with Gasteiger partial charge in [0.1, 0.15) is 0 Å². The summed E-state index contributed by atoms with van der Waals surface area (Å²) in [6.45, 7) is 13.4. The van der Waals surface area contributed by atoms with Crippen LogP contribution in [0.3, 0.4) is 0 Å². The van der Waals surface area contributed by atoms with Gasteiger partial charge in [0.05, 0.1) is 28.2 Å². The number of aryl methyl sites for hydroxylation is 4. The van der Waals surface area contributed by atoms with Crippen molar-refractivity contribution in [3.05, 3.63) is 316 Å². The van der Waals surface area contributed by atoms with Gasteiger partial charge in [-0.15, -0.1) is 0 Å². The fourth-order valence-corrected chi connectivity index (χ4v) is 11.9. The number of para-hydroxylation sites is 3. The quantitative estimate of drug-likeness (QED) is 0.128. The van der Waals surface area contributed by atoms with Crippen LogP contribution in [0.2, 0.25) is 0 Å². The van der Waals surface area contributed by atoms with E-state index < -0.39 is 5.41 Å². The van der Waals surface area contributed by atoms with E-state index in [-0.39, 0.29) is 0 Å². The number of benzene rings is 11. The molecule has 11 aromatic rings. The lowest BCUT2D eigenvalue weighted by Gasteiger charge is -2.46. The molecule has 3 nitrogen and oxygen atoms in total. The third-order valence-electron chi connectivity index (χ3n) is 15.9. The molecular weight excluding hydrogens is 919 g/mol. The summed E-state index contributed by atoms with van der Waals surface area (Å²) in [4.78, 5) is 7.35. The Bertz CT molecular complexity index is 3610. The summed E-state index contributed by atoms with van der Waals surface area (Å²) in [6.07, 6.45) is 0. The second-order valence-electron chi connectivity index (χ2n) is 20.4. The molecule has 0 bridgehead atoms. The molecule has 76 heavy (non-hydrogen) atoms. The SMILES string of the molecule is Cc1ccc(C)c(N(c2ccc(-c3ccccc3)cc2)c2ccc(C3(c4ccc(N(c5ccc(-c6ccccc6)cc5)c5c(C)ccc(C)c5C)cc4)c4ccccc4N(c4ccccc4)c4ccccc43)cc2)c1C. The highest BCUT2D eigenvalue weighted by atomic mass is 15.2. The minimum atomic E-state index is -0.718. The first-order valence-corrected chi connectivity index (χ1v) is 26.5. The summed E-state index contributed by atoms with van der Waals surface area (Å²) >= 11 is 0. The molecule has 1 aliphatic heterocycles. The van der Waals surface area contributed by atoms with E-state index in [4.69, 9.17) is 0 Å². The fraction of sp³-hybridized carbons (Fsp3) is 0.0959. The highest BCUT2D eigenvalue weighted by molar-refractivity contribution is 5.91. The van der Waals surface area contributed by atoms with Crippen molar-refractivity contribution < 1.29 is 0 Å². The molecular formula is C73H61N3. The van der Waals surface area contributed by atoms with Crippen molar-refractivity contribution in [2.24, 2.45) is 0 Å². The Morgan fingerprint density at radius 3 is 0.961 bits per heavy atom. The Morgan fingerprint density at radius 2 is 0.579 bits per heavy atom. The Hall–Kier alpha value is -9.18. The lowest BCUT2D eigenvalue weighted by atomic mass is 9.62. The van der Waals surface area contributed by atoms with E-state index in [1.807, 2.05) is 0 Å². The van der Waals surface area contributed by atoms with Gasteiger partial charge >= 0.3 is 0 Å². The van der Waals surface area contributed by atoms with Crippen molar-refractivity contribution in [1.82, 2.24) is 0 Å². The van der Waals surface area contributed by atoms with Gasteiger partial charge < -0.3 is 14.7 Å². The molecule has 3 heteroatoms. The predicted octanol–water partition coefficient (Wildman–Crippen LogP) is 20.0. The zero-order chi connectivity index (χ0) is 51.9. The van der Waals surface area contributed by atoms with Crippen LogP contribution in [0.15, 0.2) is 261 Å². The second kappa shape index (κ2) is 19.9. The van der Waals surface area contributed by atoms with E-state index in [0.29, 0.717) is 0 Å². The molecule has 0 aromatic heterocycles. The van der Waals surface area contributed by atoms with Crippen molar-refractivity contribution in [2.75, 3.05) is 14.7 Å². The summed E-state index contributed by atoms with van der Waals surface area (Å²) in [5.41, 5.74) is 26.6. The second-order valence-corrected chi connectivity index (χ2v) is 20.4. The zero-order valence-corrected chi connectivity index (χ0v) is 44.2. The van der Waals surface area contributed by atoms with Gasteiger partial charge in [-0.05, 0) is 192 Å². The van der Waals surface area contributed by atoms with E-state index in [9.17, 15) is 0 Å². The standard InChI is InChI=1S/C73H61N3/c1-50-30-32-52(3)71(54(50)5)74(63-42-34-58(35-43-63)56-20-10-7-11-21-56)65-46-38-60(39-47-65)73(67-26-16-18-28-69(67)76(62-24-14-9-15-25-62)70-29-19-17-27-68(70)73)61-40-48-66(49-41-61)75(72-53(4)33-31-51(2)55(72)6)64-44-36-59(37-45-64)57-22-12-8-13-23-57/h7-49H,1-6H3. The maximum absolute atomic E-state index is 2.45. The van der Waals surface area contributed by atoms with Gasteiger partial charge in [-0.25, -0.2) is 0 Å². The minimum Gasteiger partial charge on any atom is -0.310 e. The number of nitrogens with zero attached hydrogens (tertiary/aromatic N) is 3. The summed E-state index contributed by atoms with van der Waals surface area (Å²) in [5.74, 6) is 0. The van der Waals surface area contributed by atoms with E-state index in [2.05, 4.69) is 317 Å². The van der Waals surface area contributed by atoms with Crippen molar-refractivity contribution in [3.63, 3.8) is 0 Å². The summed E-state index contributed by atoms with van der Waals surface area (Å²) in [7, 11) is 0. The van der Waals surface area contributed by atoms with Crippen molar-refractivity contribution in [2.45, 2.75) is 47.0 Å². The third-order valence-corrected chi connectivity index (χ3v) is 15.9. The number of rotatable bonds is 11. The molecule has 0 N–H and O–H groups in total. The molecule has 0 atom stereocenters. The normalized spacial score (nSPS) is 12.4. The molecule has 0 saturated carbocycles. The van der Waals surface area contributed by atoms with Crippen molar-refractivity contribution >= 4 is 51.2 Å². The maximum atomic E-state index is 2.45. The van der Waals surface area contributed by atoms with Gasteiger partial charge in [0.25, 0.3) is 0 Å². The van der Waals surface area contributed by atoms with E-state index in [1.165, 1.54) is 89.3 Å². The molecule has 0 aliphatic carbocycles. The largest absolute Gasteiger partial charge is 0.310 e. The molecule has 11 aromatic carbocycles. The van der Waals surface area contributed by atoms with Crippen molar-refractivity contribution in [1.29, 1.82) is 0 Å². The molecule has 0 spiro atoms. The monoisotopic (exact) mass is 979 g/mol. The first kappa shape index (κ1) is 47.8. The minimum absolute atomic E-state index is 0.718. The molecule has 1 heterocycles. The van der Waals surface area contributed by atoms with Crippen LogP contribution in [0.1, 0.15) is 55.6 Å². The van der Waals surface area contributed by atoms with E-state index >= 15 is 0 Å². The van der Waals surface area contributed by atoms with Crippen molar-refractivity contribution in [3.8, 4) is 22.3 Å². The Morgan fingerprint density at radius 1 is 0.276 bits per heavy atom. The molecule has 0 fully saturated rings. The smallest absolute Gasteiger partial charge is 0.0742 e. The lowest BCUT2D eigenvalue weighted by Crippen LogP contribution is -2.37. The Balaban J connectivity index is 1.06. The summed E-state index contributed by atoms with van der Waals surface area (Å²) in [5, 5.41) is 0. The van der Waals surface area contributed by atoms with Crippen LogP contribution in [0, 0.1) is 41.5 Å². The van der Waals surface area contributed by atoms with E-state index in [1.54, 1.807) is 0 Å². The molecule has 0 saturated heterocycles. The zero-order valence-electron chi connectivity index (χ0n) is 44.2. The molecule has 0 amide bonds. The first-order chi connectivity index (χ1) is 37.2. The van der Waals surface area contributed by atoms with Crippen LogP contribution in [0.5, 0.6) is 0 Å². The summed E-state index contributed by atoms with van der Waals surface area (Å²) < 4.78 is 0. The van der Waals surface area contributed by atoms with Gasteiger partial charge in [-0.3, -0.25) is 0 Å². The highest BCUT2D eigenvalue weighted by Crippen LogP contribution is 2.58. The van der Waals surface area contributed by atoms with Crippen LogP contribution < -0.4 is 14.7 Å². The Kier molecular flexibility index (Phi) is 12.5. The number of hydrogen-bond acceptors (Lipinski definition) is 3. The predicted molar refractivity (Wildman–Crippen MR) is 322 cm³/mol. The molecule has 12 rings (SSSR count). The van der Waals surface area contributed by atoms with Crippen LogP contribution in [0.4, 0.5) is 51.2 Å². The van der Waals surface area contributed by atoms with Gasteiger partial charge in [-0.2, -0.15) is 0 Å². The summed E-state index contributed by atoms with van der Waals surface area (Å²) in [6, 6.07) is 96.2. The number of anilines is 9. The maximum Gasteiger partial charge on any atom is 0.0742 e. The number of hydrogen-bond donors (Lipinski definition) is 0. The number of fused-ring (bicyclic) bond motifs is 2.